The Morgan fingerprint density at radius 1 is 0.571 bits per heavy atom. The number of fused-ring (bicyclic) bond motifs is 8. The summed E-state index contributed by atoms with van der Waals surface area (Å²) in [5.74, 6) is 1.81. The van der Waals surface area contributed by atoms with Gasteiger partial charge in [-0.3, -0.25) is 13.5 Å². The molecule has 4 aromatic carbocycles. The topological polar surface area (TPSA) is 73.2 Å². The van der Waals surface area contributed by atoms with Gasteiger partial charge in [-0.15, -0.1) is 0 Å². The Labute approximate surface area is 239 Å². The lowest BCUT2D eigenvalue weighted by Crippen LogP contribution is -2.00. The fourth-order valence-electron chi connectivity index (χ4n) is 6.18. The molecule has 5 heterocycles. The molecule has 198 valence electrons. The van der Waals surface area contributed by atoms with Gasteiger partial charge < -0.3 is 5.11 Å². The number of imidazole rings is 2. The van der Waals surface area contributed by atoms with Crippen molar-refractivity contribution in [3.63, 3.8) is 0 Å². The van der Waals surface area contributed by atoms with Crippen LogP contribution < -0.4 is 0 Å². The molecule has 42 heavy (non-hydrogen) atoms. The van der Waals surface area contributed by atoms with Crippen LogP contribution in [0.1, 0.15) is 0 Å². The monoisotopic (exact) mass is 542 g/mol. The van der Waals surface area contributed by atoms with Crippen molar-refractivity contribution in [1.29, 1.82) is 0 Å². The molecule has 0 amide bonds. The molecule has 0 fully saturated rings. The fourth-order valence-corrected chi connectivity index (χ4v) is 6.18. The Bertz CT molecular complexity index is 2490. The number of benzene rings is 4. The number of aromatic nitrogens is 6. The number of hydrogen-bond acceptors (Lipinski definition) is 4. The van der Waals surface area contributed by atoms with E-state index in [-0.39, 0.29) is 5.75 Å². The zero-order valence-electron chi connectivity index (χ0n) is 22.3. The number of hydrogen-bond donors (Lipinski definition) is 1. The Morgan fingerprint density at radius 3 is 2.26 bits per heavy atom. The van der Waals surface area contributed by atoms with Crippen LogP contribution in [0.5, 0.6) is 5.75 Å². The first-order valence-corrected chi connectivity index (χ1v) is 13.8. The van der Waals surface area contributed by atoms with E-state index in [4.69, 9.17) is 15.0 Å². The highest BCUT2D eigenvalue weighted by Gasteiger charge is 2.20. The number of para-hydroxylation sites is 4. The minimum atomic E-state index is 0.206. The maximum absolute atomic E-state index is 10.6. The summed E-state index contributed by atoms with van der Waals surface area (Å²) in [6, 6.07) is 40.3. The van der Waals surface area contributed by atoms with Gasteiger partial charge in [-0.25, -0.2) is 15.0 Å². The average molecular weight is 543 g/mol. The lowest BCUT2D eigenvalue weighted by molar-refractivity contribution is 0.477. The predicted octanol–water partition coefficient (Wildman–Crippen LogP) is 7.69. The SMILES string of the molecule is Oc1ccccc1-c1ccc2c3ccccc3n(-c3ccc4c(c3)n(-c3ccccn3)c3nc5ccccc5n43)c2n1. The molecular formula is C35H22N6O. The van der Waals surface area contributed by atoms with E-state index in [0.29, 0.717) is 11.3 Å². The summed E-state index contributed by atoms with van der Waals surface area (Å²) < 4.78 is 6.52. The van der Waals surface area contributed by atoms with Gasteiger partial charge in [-0.2, -0.15) is 0 Å². The number of phenolic OH excluding ortho intramolecular Hbond substituents is 1. The summed E-state index contributed by atoms with van der Waals surface area (Å²) in [5, 5.41) is 12.7. The second kappa shape index (κ2) is 8.52. The van der Waals surface area contributed by atoms with Gasteiger partial charge in [0.05, 0.1) is 33.3 Å². The molecule has 0 aliphatic heterocycles. The van der Waals surface area contributed by atoms with Crippen molar-refractivity contribution in [2.45, 2.75) is 0 Å². The van der Waals surface area contributed by atoms with Crippen molar-refractivity contribution in [2.75, 3.05) is 0 Å². The van der Waals surface area contributed by atoms with Gasteiger partial charge in [-0.05, 0) is 72.8 Å². The molecule has 9 rings (SSSR count). The van der Waals surface area contributed by atoms with Crippen LogP contribution in [0.15, 0.2) is 128 Å². The molecule has 7 nitrogen and oxygen atoms in total. The smallest absolute Gasteiger partial charge is 0.221 e. The quantitative estimate of drug-likeness (QED) is 0.248. The highest BCUT2D eigenvalue weighted by Crippen LogP contribution is 2.36. The predicted molar refractivity (Wildman–Crippen MR) is 167 cm³/mol. The summed E-state index contributed by atoms with van der Waals surface area (Å²) in [4.78, 5) is 14.8. The second-order valence-electron chi connectivity index (χ2n) is 10.4. The van der Waals surface area contributed by atoms with E-state index in [2.05, 4.69) is 68.1 Å². The first kappa shape index (κ1) is 22.8. The van der Waals surface area contributed by atoms with Crippen molar-refractivity contribution >= 4 is 49.8 Å². The number of phenols is 1. The summed E-state index contributed by atoms with van der Waals surface area (Å²) in [5.41, 5.74) is 8.27. The molecule has 7 heteroatoms. The van der Waals surface area contributed by atoms with E-state index >= 15 is 0 Å². The molecule has 0 atom stereocenters. The van der Waals surface area contributed by atoms with Gasteiger partial charge >= 0.3 is 0 Å². The fraction of sp³-hybridized carbons (Fsp3) is 0. The van der Waals surface area contributed by atoms with Crippen LogP contribution in [0, 0.1) is 0 Å². The second-order valence-corrected chi connectivity index (χ2v) is 10.4. The minimum Gasteiger partial charge on any atom is -0.507 e. The summed E-state index contributed by atoms with van der Waals surface area (Å²) in [6.07, 6.45) is 1.81. The number of rotatable bonds is 3. The Kier molecular flexibility index (Phi) is 4.63. The van der Waals surface area contributed by atoms with Gasteiger partial charge in [0, 0.05) is 28.2 Å². The van der Waals surface area contributed by atoms with Crippen LogP contribution in [0.25, 0.3) is 72.5 Å². The van der Waals surface area contributed by atoms with Crippen molar-refractivity contribution in [3.8, 4) is 28.5 Å². The zero-order valence-corrected chi connectivity index (χ0v) is 22.3. The summed E-state index contributed by atoms with van der Waals surface area (Å²) in [6.45, 7) is 0. The lowest BCUT2D eigenvalue weighted by atomic mass is 10.1. The number of aromatic hydroxyl groups is 1. The molecule has 1 N–H and O–H groups in total. The molecule has 0 spiro atoms. The number of nitrogens with zero attached hydrogens (tertiary/aromatic N) is 6. The third kappa shape index (κ3) is 3.13. The molecule has 0 saturated carbocycles. The van der Waals surface area contributed by atoms with Crippen LogP contribution in [0.2, 0.25) is 0 Å². The molecule has 0 bridgehead atoms. The zero-order chi connectivity index (χ0) is 27.8. The van der Waals surface area contributed by atoms with E-state index < -0.39 is 0 Å². The van der Waals surface area contributed by atoms with Crippen LogP contribution in [0.3, 0.4) is 0 Å². The van der Waals surface area contributed by atoms with Crippen molar-refractivity contribution < 1.29 is 5.11 Å². The van der Waals surface area contributed by atoms with Crippen LogP contribution >= 0.6 is 0 Å². The highest BCUT2D eigenvalue weighted by atomic mass is 16.3. The summed E-state index contributed by atoms with van der Waals surface area (Å²) in [7, 11) is 0. The third-order valence-electron chi connectivity index (χ3n) is 8.02. The molecule has 0 radical (unpaired) electrons. The molecular weight excluding hydrogens is 520 g/mol. The van der Waals surface area contributed by atoms with Crippen LogP contribution in [0.4, 0.5) is 0 Å². The van der Waals surface area contributed by atoms with Gasteiger partial charge in [-0.1, -0.05) is 48.5 Å². The van der Waals surface area contributed by atoms with Crippen molar-refractivity contribution in [1.82, 2.24) is 28.5 Å². The van der Waals surface area contributed by atoms with E-state index in [9.17, 15) is 5.11 Å². The molecule has 0 aliphatic rings. The molecule has 5 aromatic heterocycles. The highest BCUT2D eigenvalue weighted by molar-refractivity contribution is 6.08. The molecule has 9 aromatic rings. The van der Waals surface area contributed by atoms with Gasteiger partial charge in [0.1, 0.15) is 17.2 Å². The normalized spacial score (nSPS) is 11.9. The van der Waals surface area contributed by atoms with E-state index in [0.717, 1.165) is 61.3 Å². The maximum Gasteiger partial charge on any atom is 0.221 e. The van der Waals surface area contributed by atoms with Gasteiger partial charge in [0.25, 0.3) is 0 Å². The van der Waals surface area contributed by atoms with Crippen molar-refractivity contribution in [2.24, 2.45) is 0 Å². The van der Waals surface area contributed by atoms with E-state index in [1.165, 1.54) is 0 Å². The van der Waals surface area contributed by atoms with Crippen LogP contribution in [-0.2, 0) is 0 Å². The van der Waals surface area contributed by atoms with Crippen molar-refractivity contribution in [3.05, 3.63) is 128 Å². The lowest BCUT2D eigenvalue weighted by Gasteiger charge is -2.10. The first-order valence-electron chi connectivity index (χ1n) is 13.8. The van der Waals surface area contributed by atoms with E-state index in [1.54, 1.807) is 6.07 Å². The molecule has 0 aliphatic carbocycles. The minimum absolute atomic E-state index is 0.206. The van der Waals surface area contributed by atoms with Gasteiger partial charge in [0.15, 0.2) is 0 Å². The Balaban J connectivity index is 1.38. The Morgan fingerprint density at radius 2 is 1.38 bits per heavy atom. The average Bonchev–Trinajstić information content (AvgIpc) is 3.67. The largest absolute Gasteiger partial charge is 0.507 e. The molecule has 0 unspecified atom stereocenters. The third-order valence-corrected chi connectivity index (χ3v) is 8.02. The summed E-state index contributed by atoms with van der Waals surface area (Å²) >= 11 is 0. The van der Waals surface area contributed by atoms with E-state index in [1.807, 2.05) is 66.9 Å². The Hall–Kier alpha value is -5.95. The van der Waals surface area contributed by atoms with Crippen LogP contribution in [-0.4, -0.2) is 33.6 Å². The molecule has 0 saturated heterocycles. The van der Waals surface area contributed by atoms with Gasteiger partial charge in [0.2, 0.25) is 5.78 Å². The first-order chi connectivity index (χ1) is 20.8. The maximum atomic E-state index is 10.6. The standard InChI is InChI=1S/C35H22N6O/c42-32-14-6-2-10-25(32)26-18-17-24-23-9-1-4-12-28(23)39(34(24)37-26)22-16-19-30-31(21-22)41(33-15-7-8-20-36-33)35-38-27-11-3-5-13-29(27)40(30)35/h1-21,42H. The number of pyridine rings is 2.